The van der Waals surface area contributed by atoms with Gasteiger partial charge in [0.1, 0.15) is 23.7 Å². The van der Waals surface area contributed by atoms with E-state index < -0.39 is 17.7 Å². The van der Waals surface area contributed by atoms with Crippen molar-refractivity contribution in [3.8, 4) is 5.75 Å². The molecule has 5 nitrogen and oxygen atoms in total. The van der Waals surface area contributed by atoms with E-state index in [1.54, 1.807) is 52.1 Å². The lowest BCUT2D eigenvalue weighted by atomic mass is 10.1. The third-order valence-electron chi connectivity index (χ3n) is 2.89. The predicted octanol–water partition coefficient (Wildman–Crippen LogP) is 3.19. The normalized spacial score (nSPS) is 12.4. The van der Waals surface area contributed by atoms with Gasteiger partial charge in [0.05, 0.1) is 7.11 Å². The minimum atomic E-state index is -0.671. The molecule has 5 heteroatoms. The molecule has 1 rings (SSSR count). The van der Waals surface area contributed by atoms with E-state index in [4.69, 9.17) is 9.47 Å². The van der Waals surface area contributed by atoms with Crippen molar-refractivity contribution in [1.82, 2.24) is 4.90 Å². The number of aldehydes is 1. The Morgan fingerprint density at radius 1 is 1.29 bits per heavy atom. The van der Waals surface area contributed by atoms with Crippen molar-refractivity contribution in [1.29, 1.82) is 0 Å². The molecule has 21 heavy (non-hydrogen) atoms. The molecule has 0 heterocycles. The Bertz CT molecular complexity index is 476. The highest BCUT2D eigenvalue weighted by atomic mass is 16.6. The third kappa shape index (κ3) is 4.77. The number of benzene rings is 1. The van der Waals surface area contributed by atoms with E-state index in [-0.39, 0.29) is 0 Å². The van der Waals surface area contributed by atoms with Crippen LogP contribution >= 0.6 is 0 Å². The summed E-state index contributed by atoms with van der Waals surface area (Å²) < 4.78 is 10.4. The number of carbonyl (C=O) groups is 2. The summed E-state index contributed by atoms with van der Waals surface area (Å²) in [5.41, 5.74) is 0.121. The number of ether oxygens (including phenoxy) is 2. The van der Waals surface area contributed by atoms with Crippen molar-refractivity contribution in [2.24, 2.45) is 0 Å². The molecule has 0 aromatic heterocycles. The van der Waals surface area contributed by atoms with Gasteiger partial charge in [-0.15, -0.1) is 0 Å². The van der Waals surface area contributed by atoms with Crippen molar-refractivity contribution in [3.05, 3.63) is 29.8 Å². The molecule has 1 amide bonds. The largest absolute Gasteiger partial charge is 0.497 e. The number of hydrogen-bond donors (Lipinski definition) is 0. The molecular weight excluding hydrogens is 270 g/mol. The number of rotatable bonds is 5. The quantitative estimate of drug-likeness (QED) is 0.782. The summed E-state index contributed by atoms with van der Waals surface area (Å²) in [5.74, 6) is 0.698. The Hall–Kier alpha value is -2.04. The van der Waals surface area contributed by atoms with Gasteiger partial charge in [0.25, 0.3) is 0 Å². The van der Waals surface area contributed by atoms with Gasteiger partial charge in [-0.3, -0.25) is 4.90 Å². The van der Waals surface area contributed by atoms with E-state index in [0.717, 1.165) is 11.8 Å². The van der Waals surface area contributed by atoms with Crippen LogP contribution in [0.5, 0.6) is 5.75 Å². The summed E-state index contributed by atoms with van der Waals surface area (Å²) in [5, 5.41) is 0. The Kier molecular flexibility index (Phi) is 5.76. The average Bonchev–Trinajstić information content (AvgIpc) is 2.42. The lowest BCUT2D eigenvalue weighted by molar-refractivity contribution is -0.112. The molecule has 0 bridgehead atoms. The number of methoxy groups -OCH3 is 1. The topological polar surface area (TPSA) is 55.8 Å². The van der Waals surface area contributed by atoms with Crippen LogP contribution < -0.4 is 4.74 Å². The molecule has 1 atom stereocenters. The van der Waals surface area contributed by atoms with E-state index in [1.165, 1.54) is 4.90 Å². The highest BCUT2D eigenvalue weighted by Crippen LogP contribution is 2.23. The van der Waals surface area contributed by atoms with Gasteiger partial charge in [-0.25, -0.2) is 4.79 Å². The number of nitrogens with zero attached hydrogens (tertiary/aromatic N) is 1. The van der Waals surface area contributed by atoms with Crippen LogP contribution in [0.3, 0.4) is 0 Å². The summed E-state index contributed by atoms with van der Waals surface area (Å²) >= 11 is 0. The fraction of sp³-hybridized carbons (Fsp3) is 0.500. The Balaban J connectivity index is 2.98. The maximum Gasteiger partial charge on any atom is 0.411 e. The van der Waals surface area contributed by atoms with Crippen molar-refractivity contribution in [2.75, 3.05) is 13.7 Å². The van der Waals surface area contributed by atoms with Gasteiger partial charge in [0.15, 0.2) is 0 Å². The maximum atomic E-state index is 12.2. The average molecular weight is 293 g/mol. The number of likely N-dealkylation sites (N-methyl/N-ethyl adjacent to an activating group) is 1. The number of hydrogen-bond acceptors (Lipinski definition) is 4. The van der Waals surface area contributed by atoms with E-state index in [0.29, 0.717) is 12.3 Å². The second-order valence-corrected chi connectivity index (χ2v) is 5.62. The third-order valence-corrected chi connectivity index (χ3v) is 2.89. The summed E-state index contributed by atoms with van der Waals surface area (Å²) in [6, 6.07) is 6.38. The summed E-state index contributed by atoms with van der Waals surface area (Å²) in [6.45, 7) is 7.57. The zero-order valence-corrected chi connectivity index (χ0v) is 13.3. The molecule has 1 aromatic rings. The molecule has 1 unspecified atom stereocenters. The van der Waals surface area contributed by atoms with Crippen LogP contribution in [-0.2, 0) is 9.53 Å². The molecule has 0 N–H and O–H groups in total. The van der Waals surface area contributed by atoms with E-state index in [1.807, 2.05) is 6.92 Å². The van der Waals surface area contributed by atoms with Crippen molar-refractivity contribution >= 4 is 12.4 Å². The van der Waals surface area contributed by atoms with Crippen LogP contribution in [0.15, 0.2) is 24.3 Å². The lowest BCUT2D eigenvalue weighted by Gasteiger charge is -2.30. The maximum absolute atomic E-state index is 12.2. The Labute approximate surface area is 125 Å². The van der Waals surface area contributed by atoms with Crippen LogP contribution in [-0.4, -0.2) is 36.5 Å². The van der Waals surface area contributed by atoms with Crippen LogP contribution in [0, 0.1) is 0 Å². The zero-order valence-electron chi connectivity index (χ0n) is 13.3. The van der Waals surface area contributed by atoms with Crippen molar-refractivity contribution in [3.63, 3.8) is 0 Å². The standard InChI is InChI=1S/C16H23NO4/c1-6-17(15(19)21-16(2,3)4)14(11-18)12-7-9-13(20-5)10-8-12/h7-11,14H,6H2,1-5H3. The fourth-order valence-electron chi connectivity index (χ4n) is 1.89. The fourth-order valence-corrected chi connectivity index (χ4v) is 1.89. The van der Waals surface area contributed by atoms with E-state index in [9.17, 15) is 9.59 Å². The Morgan fingerprint density at radius 2 is 1.86 bits per heavy atom. The van der Waals surface area contributed by atoms with Gasteiger partial charge in [-0.2, -0.15) is 0 Å². The van der Waals surface area contributed by atoms with Crippen LogP contribution in [0.2, 0.25) is 0 Å². The summed E-state index contributed by atoms with van der Waals surface area (Å²) in [4.78, 5) is 25.1. The van der Waals surface area contributed by atoms with Crippen LogP contribution in [0.4, 0.5) is 4.79 Å². The first-order valence-electron chi connectivity index (χ1n) is 6.91. The molecule has 0 aliphatic rings. The molecule has 1 aromatic carbocycles. The first-order valence-corrected chi connectivity index (χ1v) is 6.91. The molecule has 0 fully saturated rings. The van der Waals surface area contributed by atoms with Gasteiger partial charge in [-0.1, -0.05) is 12.1 Å². The molecule has 0 spiro atoms. The molecule has 0 aliphatic carbocycles. The summed E-state index contributed by atoms with van der Waals surface area (Å²) in [6.07, 6.45) is 0.243. The first-order chi connectivity index (χ1) is 9.82. The predicted molar refractivity (Wildman–Crippen MR) is 80.4 cm³/mol. The van der Waals surface area contributed by atoms with Crippen molar-refractivity contribution in [2.45, 2.75) is 39.3 Å². The molecule has 116 valence electrons. The lowest BCUT2D eigenvalue weighted by Crippen LogP contribution is -2.39. The van der Waals surface area contributed by atoms with E-state index in [2.05, 4.69) is 0 Å². The number of amides is 1. The minimum absolute atomic E-state index is 0.379. The zero-order chi connectivity index (χ0) is 16.0. The Morgan fingerprint density at radius 3 is 2.24 bits per heavy atom. The monoisotopic (exact) mass is 293 g/mol. The smallest absolute Gasteiger partial charge is 0.411 e. The van der Waals surface area contributed by atoms with Gasteiger partial charge < -0.3 is 14.3 Å². The van der Waals surface area contributed by atoms with Crippen molar-refractivity contribution < 1.29 is 19.1 Å². The van der Waals surface area contributed by atoms with Crippen LogP contribution in [0.25, 0.3) is 0 Å². The first kappa shape index (κ1) is 17.0. The highest BCUT2D eigenvalue weighted by molar-refractivity contribution is 5.75. The minimum Gasteiger partial charge on any atom is -0.497 e. The van der Waals surface area contributed by atoms with Gasteiger partial charge in [0, 0.05) is 6.54 Å². The highest BCUT2D eigenvalue weighted by Gasteiger charge is 2.28. The van der Waals surface area contributed by atoms with Gasteiger partial charge in [0.2, 0.25) is 0 Å². The molecule has 0 saturated carbocycles. The number of carbonyl (C=O) groups excluding carboxylic acids is 2. The molecule has 0 radical (unpaired) electrons. The van der Waals surface area contributed by atoms with Crippen LogP contribution in [0.1, 0.15) is 39.3 Å². The molecule has 0 aliphatic heterocycles. The SMILES string of the molecule is CCN(C(=O)OC(C)(C)C)C(C=O)c1ccc(OC)cc1. The summed E-state index contributed by atoms with van der Waals surface area (Å²) in [7, 11) is 1.57. The van der Waals surface area contributed by atoms with Gasteiger partial charge >= 0.3 is 6.09 Å². The second-order valence-electron chi connectivity index (χ2n) is 5.62. The second kappa shape index (κ2) is 7.11. The van der Waals surface area contributed by atoms with Gasteiger partial charge in [-0.05, 0) is 45.4 Å². The molecular formula is C16H23NO4. The molecule has 0 saturated heterocycles. The van der Waals surface area contributed by atoms with E-state index >= 15 is 0 Å².